The van der Waals surface area contributed by atoms with Crippen molar-refractivity contribution in [3.63, 3.8) is 0 Å². The second-order valence-electron chi connectivity index (χ2n) is 4.08. The van der Waals surface area contributed by atoms with Crippen LogP contribution in [-0.4, -0.2) is 28.2 Å². The van der Waals surface area contributed by atoms with Gasteiger partial charge in [-0.25, -0.2) is 24.3 Å². The molecule has 0 aromatic heterocycles. The average molecular weight is 275 g/mol. The predicted octanol–water partition coefficient (Wildman–Crippen LogP) is 2.94. The van der Waals surface area contributed by atoms with Crippen molar-refractivity contribution in [2.45, 2.75) is 0 Å². The average Bonchev–Trinajstić information content (AvgIpc) is 2.93. The molecular formula is C14H20CoN2-2. The first kappa shape index (κ1) is 15.8. The summed E-state index contributed by atoms with van der Waals surface area (Å²) in [4.78, 5) is 4.17. The smallest absolute Gasteiger partial charge is 0 e. The molecule has 0 heterocycles. The summed E-state index contributed by atoms with van der Waals surface area (Å²) in [5.41, 5.74) is 2.54. The van der Waals surface area contributed by atoms with Gasteiger partial charge in [-0.3, -0.25) is 0 Å². The van der Waals surface area contributed by atoms with Crippen LogP contribution in [0.2, 0.25) is 0 Å². The number of hydrogen-bond acceptors (Lipinski definition) is 2. The Bertz CT molecular complexity index is 323. The first-order valence-electron chi connectivity index (χ1n) is 5.39. The molecule has 2 aromatic rings. The third kappa shape index (κ3) is 5.61. The quantitative estimate of drug-likeness (QED) is 0.778. The molecule has 0 aliphatic heterocycles. The molecule has 1 radical (unpaired) electrons. The zero-order chi connectivity index (χ0) is 12.0. The molecule has 0 bridgehead atoms. The van der Waals surface area contributed by atoms with Gasteiger partial charge in [0.25, 0.3) is 0 Å². The molecule has 0 aliphatic rings. The van der Waals surface area contributed by atoms with Crippen molar-refractivity contribution in [3.8, 4) is 0 Å². The Balaban J connectivity index is 0.000000284. The zero-order valence-electron chi connectivity index (χ0n) is 10.8. The van der Waals surface area contributed by atoms with E-state index in [1.165, 1.54) is 11.4 Å². The van der Waals surface area contributed by atoms with E-state index < -0.39 is 0 Å². The normalized spacial score (nSPS) is 8.71. The molecule has 0 spiro atoms. The van der Waals surface area contributed by atoms with E-state index in [0.29, 0.717) is 0 Å². The fourth-order valence-electron chi connectivity index (χ4n) is 1.32. The SMILES string of the molecule is CN(C)[c-]1cccc1.CN(C)[c-]1cccc1.[Co]. The van der Waals surface area contributed by atoms with E-state index in [9.17, 15) is 0 Å². The van der Waals surface area contributed by atoms with Gasteiger partial charge in [0.1, 0.15) is 0 Å². The summed E-state index contributed by atoms with van der Waals surface area (Å²) in [5.74, 6) is 0. The van der Waals surface area contributed by atoms with E-state index in [1.54, 1.807) is 0 Å². The monoisotopic (exact) mass is 275 g/mol. The molecule has 2 aromatic carbocycles. The maximum absolute atomic E-state index is 2.08. The molecule has 2 rings (SSSR count). The van der Waals surface area contributed by atoms with Gasteiger partial charge >= 0.3 is 0 Å². The molecule has 0 amide bonds. The molecule has 17 heavy (non-hydrogen) atoms. The third-order valence-corrected chi connectivity index (χ3v) is 2.32. The van der Waals surface area contributed by atoms with Gasteiger partial charge in [0.2, 0.25) is 0 Å². The predicted molar refractivity (Wildman–Crippen MR) is 72.7 cm³/mol. The Hall–Kier alpha value is -1.19. The number of rotatable bonds is 2. The van der Waals surface area contributed by atoms with E-state index in [2.05, 4.69) is 34.1 Å². The van der Waals surface area contributed by atoms with Gasteiger partial charge < -0.3 is 9.80 Å². The minimum absolute atomic E-state index is 0. The molecule has 97 valence electrons. The van der Waals surface area contributed by atoms with E-state index in [-0.39, 0.29) is 16.8 Å². The summed E-state index contributed by atoms with van der Waals surface area (Å²) in [5, 5.41) is 0. The van der Waals surface area contributed by atoms with Gasteiger partial charge in [0.15, 0.2) is 0 Å². The van der Waals surface area contributed by atoms with Crippen molar-refractivity contribution in [2.24, 2.45) is 0 Å². The van der Waals surface area contributed by atoms with Crippen LogP contribution in [0.1, 0.15) is 0 Å². The molecule has 0 aliphatic carbocycles. The van der Waals surface area contributed by atoms with Crippen molar-refractivity contribution < 1.29 is 16.8 Å². The Morgan fingerprint density at radius 3 is 0.941 bits per heavy atom. The molecular weight excluding hydrogens is 255 g/mol. The standard InChI is InChI=1S/2C7H10N.Co/c2*1-8(2)7-5-3-4-6-7;/h2*3-6H,1-2H3;/q2*-1;. The number of hydrogen-bond donors (Lipinski definition) is 0. The molecule has 0 atom stereocenters. The van der Waals surface area contributed by atoms with Crippen LogP contribution in [0.25, 0.3) is 0 Å². The van der Waals surface area contributed by atoms with Crippen LogP contribution in [0.3, 0.4) is 0 Å². The van der Waals surface area contributed by atoms with E-state index >= 15 is 0 Å². The zero-order valence-corrected chi connectivity index (χ0v) is 11.9. The molecule has 0 fully saturated rings. The minimum atomic E-state index is 0. The Morgan fingerprint density at radius 1 is 0.588 bits per heavy atom. The number of nitrogens with zero attached hydrogens (tertiary/aromatic N) is 2. The van der Waals surface area contributed by atoms with Gasteiger partial charge in [0.05, 0.1) is 0 Å². The Morgan fingerprint density at radius 2 is 0.824 bits per heavy atom. The second-order valence-corrected chi connectivity index (χ2v) is 4.08. The van der Waals surface area contributed by atoms with Gasteiger partial charge in [-0.2, -0.15) is 24.3 Å². The third-order valence-electron chi connectivity index (χ3n) is 2.32. The van der Waals surface area contributed by atoms with Crippen LogP contribution in [0.15, 0.2) is 48.5 Å². The summed E-state index contributed by atoms with van der Waals surface area (Å²) in [6, 6.07) is 16.5. The molecule has 0 saturated carbocycles. The topological polar surface area (TPSA) is 6.48 Å². The van der Waals surface area contributed by atoms with Crippen LogP contribution in [0.5, 0.6) is 0 Å². The van der Waals surface area contributed by atoms with Crippen molar-refractivity contribution >= 4 is 11.4 Å². The van der Waals surface area contributed by atoms with Crippen molar-refractivity contribution in [3.05, 3.63) is 48.5 Å². The Labute approximate surface area is 115 Å². The fourth-order valence-corrected chi connectivity index (χ4v) is 1.32. The fraction of sp³-hybridized carbons (Fsp3) is 0.286. The van der Waals surface area contributed by atoms with Gasteiger partial charge in [-0.15, -0.1) is 0 Å². The number of anilines is 2. The van der Waals surface area contributed by atoms with Gasteiger partial charge in [-0.1, -0.05) is 11.4 Å². The Kier molecular flexibility index (Phi) is 7.42. The van der Waals surface area contributed by atoms with E-state index in [4.69, 9.17) is 0 Å². The second kappa shape index (κ2) is 7.98. The van der Waals surface area contributed by atoms with Gasteiger partial charge in [0, 0.05) is 16.8 Å². The molecule has 0 N–H and O–H groups in total. The molecule has 0 saturated heterocycles. The summed E-state index contributed by atoms with van der Waals surface area (Å²) in [7, 11) is 8.15. The molecule has 3 heteroatoms. The van der Waals surface area contributed by atoms with Crippen LogP contribution >= 0.6 is 0 Å². The molecule has 2 nitrogen and oxygen atoms in total. The van der Waals surface area contributed by atoms with E-state index in [0.717, 1.165) is 0 Å². The van der Waals surface area contributed by atoms with Crippen molar-refractivity contribution in [1.29, 1.82) is 0 Å². The maximum Gasteiger partial charge on any atom is 0 e. The largest absolute Gasteiger partial charge is 0.429 e. The minimum Gasteiger partial charge on any atom is -0.429 e. The van der Waals surface area contributed by atoms with Crippen LogP contribution in [0.4, 0.5) is 11.4 Å². The summed E-state index contributed by atoms with van der Waals surface area (Å²) in [6.45, 7) is 0. The first-order chi connectivity index (χ1) is 7.61. The summed E-state index contributed by atoms with van der Waals surface area (Å²) >= 11 is 0. The van der Waals surface area contributed by atoms with Crippen molar-refractivity contribution in [1.82, 2.24) is 0 Å². The van der Waals surface area contributed by atoms with Crippen LogP contribution in [0, 0.1) is 0 Å². The van der Waals surface area contributed by atoms with Gasteiger partial charge in [-0.05, 0) is 28.2 Å². The first-order valence-corrected chi connectivity index (χ1v) is 5.39. The molecule has 0 unspecified atom stereocenters. The summed E-state index contributed by atoms with van der Waals surface area (Å²) in [6.07, 6.45) is 0. The summed E-state index contributed by atoms with van der Waals surface area (Å²) < 4.78 is 0. The maximum atomic E-state index is 2.08. The van der Waals surface area contributed by atoms with Crippen molar-refractivity contribution in [2.75, 3.05) is 38.0 Å². The van der Waals surface area contributed by atoms with Crippen LogP contribution in [-0.2, 0) is 16.8 Å². The van der Waals surface area contributed by atoms with E-state index in [1.807, 2.05) is 52.5 Å². The van der Waals surface area contributed by atoms with Crippen LogP contribution < -0.4 is 9.80 Å².